The second-order valence-corrected chi connectivity index (χ2v) is 6.87. The highest BCUT2D eigenvalue weighted by atomic mass is 16.5. The number of nitrogens with one attached hydrogen (secondary N) is 1. The smallest absolute Gasteiger partial charge is 0.258 e. The summed E-state index contributed by atoms with van der Waals surface area (Å²) in [6.07, 6.45) is 3.45. The van der Waals surface area contributed by atoms with Crippen molar-refractivity contribution < 1.29 is 9.53 Å². The Morgan fingerprint density at radius 3 is 2.46 bits per heavy atom. The first kappa shape index (κ1) is 18.3. The van der Waals surface area contributed by atoms with Gasteiger partial charge in [0.25, 0.3) is 5.91 Å². The molecule has 3 rings (SSSR count). The lowest BCUT2D eigenvalue weighted by Crippen LogP contribution is -2.55. The predicted molar refractivity (Wildman–Crippen MR) is 106 cm³/mol. The molecule has 4 heteroatoms. The first-order valence-electron chi connectivity index (χ1n) is 9.52. The molecule has 4 nitrogen and oxygen atoms in total. The minimum absolute atomic E-state index is 0.0595. The number of fused-ring (bicyclic) bond motifs is 1. The minimum atomic E-state index is -0.582. The number of carbonyl (C=O) groups is 1. The van der Waals surface area contributed by atoms with Gasteiger partial charge in [0, 0.05) is 12.2 Å². The Morgan fingerprint density at radius 1 is 1.04 bits per heavy atom. The standard InChI is InChI=1S/C22H28N2O2/c1-4-6-9-16-26-18-14-12-17(13-15-18)22(3)23-20-11-8-7-10-19(20)21(25)24(22)5-2/h7-8,10-15,23H,4-6,9,16H2,1-3H3. The highest BCUT2D eigenvalue weighted by molar-refractivity contribution is 6.02. The molecule has 2 aromatic rings. The number of anilines is 1. The van der Waals surface area contributed by atoms with Gasteiger partial charge in [0.2, 0.25) is 0 Å². The average Bonchev–Trinajstić information content (AvgIpc) is 2.66. The van der Waals surface area contributed by atoms with E-state index >= 15 is 0 Å². The molecule has 1 heterocycles. The van der Waals surface area contributed by atoms with E-state index in [4.69, 9.17) is 4.74 Å². The number of carbonyl (C=O) groups excluding carboxylic acids is 1. The van der Waals surface area contributed by atoms with Crippen molar-refractivity contribution in [3.05, 3.63) is 59.7 Å². The molecule has 0 saturated heterocycles. The molecule has 1 amide bonds. The van der Waals surface area contributed by atoms with Gasteiger partial charge in [0.05, 0.1) is 12.2 Å². The van der Waals surface area contributed by atoms with Gasteiger partial charge in [0.15, 0.2) is 0 Å². The van der Waals surface area contributed by atoms with Crippen LogP contribution in [0.1, 0.15) is 56.0 Å². The lowest BCUT2D eigenvalue weighted by atomic mass is 9.93. The zero-order valence-electron chi connectivity index (χ0n) is 15.9. The Hall–Kier alpha value is -2.49. The van der Waals surface area contributed by atoms with Gasteiger partial charge in [-0.15, -0.1) is 0 Å². The summed E-state index contributed by atoms with van der Waals surface area (Å²) < 4.78 is 5.81. The fourth-order valence-electron chi connectivity index (χ4n) is 3.56. The fourth-order valence-corrected chi connectivity index (χ4v) is 3.56. The van der Waals surface area contributed by atoms with Crippen LogP contribution in [-0.2, 0) is 5.66 Å². The summed E-state index contributed by atoms with van der Waals surface area (Å²) in [6.45, 7) is 7.63. The number of ether oxygens (including phenoxy) is 1. The number of hydrogen-bond acceptors (Lipinski definition) is 3. The molecular formula is C22H28N2O2. The lowest BCUT2D eigenvalue weighted by Gasteiger charge is -2.46. The van der Waals surface area contributed by atoms with Crippen molar-refractivity contribution in [3.63, 3.8) is 0 Å². The number of unbranched alkanes of at least 4 members (excludes halogenated alkanes) is 2. The number of para-hydroxylation sites is 1. The number of rotatable bonds is 7. The van der Waals surface area contributed by atoms with Crippen molar-refractivity contribution in [1.29, 1.82) is 0 Å². The maximum absolute atomic E-state index is 13.0. The van der Waals surface area contributed by atoms with Crippen molar-refractivity contribution in [2.24, 2.45) is 0 Å². The number of nitrogens with zero attached hydrogens (tertiary/aromatic N) is 1. The summed E-state index contributed by atoms with van der Waals surface area (Å²) in [5.74, 6) is 0.934. The molecule has 26 heavy (non-hydrogen) atoms. The second-order valence-electron chi connectivity index (χ2n) is 6.87. The topological polar surface area (TPSA) is 41.6 Å². The number of hydrogen-bond donors (Lipinski definition) is 1. The molecular weight excluding hydrogens is 324 g/mol. The molecule has 1 aliphatic rings. The van der Waals surface area contributed by atoms with E-state index in [0.29, 0.717) is 6.54 Å². The van der Waals surface area contributed by atoms with Gasteiger partial charge < -0.3 is 15.0 Å². The Morgan fingerprint density at radius 2 is 1.77 bits per heavy atom. The molecule has 138 valence electrons. The van der Waals surface area contributed by atoms with Crippen LogP contribution in [0.5, 0.6) is 5.75 Å². The minimum Gasteiger partial charge on any atom is -0.494 e. The molecule has 2 aromatic carbocycles. The SMILES string of the molecule is CCCCCOc1ccc(C2(C)Nc3ccccc3C(=O)N2CC)cc1. The highest BCUT2D eigenvalue weighted by Gasteiger charge is 2.41. The van der Waals surface area contributed by atoms with E-state index in [2.05, 4.69) is 19.2 Å². The Bertz CT molecular complexity index is 757. The van der Waals surface area contributed by atoms with E-state index in [-0.39, 0.29) is 5.91 Å². The monoisotopic (exact) mass is 352 g/mol. The fraction of sp³-hybridized carbons (Fsp3) is 0.409. The zero-order valence-corrected chi connectivity index (χ0v) is 15.9. The normalized spacial score (nSPS) is 19.0. The van der Waals surface area contributed by atoms with E-state index in [1.807, 2.05) is 60.4 Å². The first-order chi connectivity index (χ1) is 12.6. The van der Waals surface area contributed by atoms with Crippen LogP contribution < -0.4 is 10.1 Å². The molecule has 0 spiro atoms. The van der Waals surface area contributed by atoms with Crippen molar-refractivity contribution in [1.82, 2.24) is 4.90 Å². The maximum atomic E-state index is 13.0. The zero-order chi connectivity index (χ0) is 18.6. The van der Waals surface area contributed by atoms with Crippen molar-refractivity contribution in [2.75, 3.05) is 18.5 Å². The van der Waals surface area contributed by atoms with Crippen LogP contribution in [0.25, 0.3) is 0 Å². The van der Waals surface area contributed by atoms with Gasteiger partial charge in [-0.2, -0.15) is 0 Å². The van der Waals surface area contributed by atoms with Crippen LogP contribution >= 0.6 is 0 Å². The van der Waals surface area contributed by atoms with Gasteiger partial charge in [-0.3, -0.25) is 4.79 Å². The quantitative estimate of drug-likeness (QED) is 0.712. The Kier molecular flexibility index (Phi) is 5.50. The third-order valence-corrected chi connectivity index (χ3v) is 5.07. The van der Waals surface area contributed by atoms with Crippen LogP contribution in [0.3, 0.4) is 0 Å². The Balaban J connectivity index is 1.83. The number of benzene rings is 2. The Labute approximate surface area is 156 Å². The molecule has 1 N–H and O–H groups in total. The van der Waals surface area contributed by atoms with Crippen molar-refractivity contribution in [2.45, 2.75) is 45.7 Å². The summed E-state index contributed by atoms with van der Waals surface area (Å²) in [5, 5.41) is 3.56. The van der Waals surface area contributed by atoms with E-state index in [9.17, 15) is 4.79 Å². The van der Waals surface area contributed by atoms with Crippen LogP contribution in [0.2, 0.25) is 0 Å². The van der Waals surface area contributed by atoms with Gasteiger partial charge in [-0.25, -0.2) is 0 Å². The van der Waals surface area contributed by atoms with Crippen LogP contribution in [0, 0.1) is 0 Å². The van der Waals surface area contributed by atoms with Gasteiger partial charge in [-0.1, -0.05) is 44.0 Å². The summed E-state index contributed by atoms with van der Waals surface area (Å²) >= 11 is 0. The molecule has 0 aromatic heterocycles. The summed E-state index contributed by atoms with van der Waals surface area (Å²) in [4.78, 5) is 14.8. The third-order valence-electron chi connectivity index (χ3n) is 5.07. The predicted octanol–water partition coefficient (Wildman–Crippen LogP) is 5.02. The lowest BCUT2D eigenvalue weighted by molar-refractivity contribution is 0.0553. The van der Waals surface area contributed by atoms with E-state index < -0.39 is 5.66 Å². The largest absolute Gasteiger partial charge is 0.494 e. The van der Waals surface area contributed by atoms with Crippen LogP contribution in [0.4, 0.5) is 5.69 Å². The molecule has 0 saturated carbocycles. The maximum Gasteiger partial charge on any atom is 0.258 e. The highest BCUT2D eigenvalue weighted by Crippen LogP contribution is 2.37. The number of amides is 1. The first-order valence-corrected chi connectivity index (χ1v) is 9.52. The molecule has 1 atom stereocenters. The molecule has 0 bridgehead atoms. The van der Waals surface area contributed by atoms with Gasteiger partial charge in [0.1, 0.15) is 11.4 Å². The summed E-state index contributed by atoms with van der Waals surface area (Å²) in [6, 6.07) is 15.8. The molecule has 1 aliphatic heterocycles. The average molecular weight is 352 g/mol. The van der Waals surface area contributed by atoms with E-state index in [1.54, 1.807) is 0 Å². The molecule has 0 radical (unpaired) electrons. The van der Waals surface area contributed by atoms with E-state index in [0.717, 1.165) is 35.6 Å². The third kappa shape index (κ3) is 3.41. The summed E-state index contributed by atoms with van der Waals surface area (Å²) in [7, 11) is 0. The van der Waals surface area contributed by atoms with Crippen molar-refractivity contribution in [3.8, 4) is 5.75 Å². The van der Waals surface area contributed by atoms with Crippen LogP contribution in [0.15, 0.2) is 48.5 Å². The van der Waals surface area contributed by atoms with E-state index in [1.165, 1.54) is 12.8 Å². The van der Waals surface area contributed by atoms with Gasteiger partial charge in [-0.05, 0) is 50.1 Å². The van der Waals surface area contributed by atoms with Gasteiger partial charge >= 0.3 is 0 Å². The van der Waals surface area contributed by atoms with Crippen molar-refractivity contribution >= 4 is 11.6 Å². The molecule has 1 unspecified atom stereocenters. The molecule has 0 aliphatic carbocycles. The van der Waals surface area contributed by atoms with Crippen LogP contribution in [-0.4, -0.2) is 24.0 Å². The second kappa shape index (κ2) is 7.81. The summed E-state index contributed by atoms with van der Waals surface area (Å²) in [5.41, 5.74) is 2.07. The molecule has 0 fully saturated rings.